The number of halogens is 1. The van der Waals surface area contributed by atoms with Gasteiger partial charge in [0.25, 0.3) is 0 Å². The molecule has 0 saturated heterocycles. The van der Waals surface area contributed by atoms with Crippen LogP contribution in [-0.2, 0) is 0 Å². The summed E-state index contributed by atoms with van der Waals surface area (Å²) in [5, 5.41) is 0. The lowest BCUT2D eigenvalue weighted by Crippen LogP contribution is -2.22. The normalized spacial score (nSPS) is 12.2. The molecular formula is C13H19BrN2. The minimum atomic E-state index is 0.0536. The summed E-state index contributed by atoms with van der Waals surface area (Å²) in [6.07, 6.45) is 1.91. The topological polar surface area (TPSA) is 29.3 Å². The van der Waals surface area contributed by atoms with Crippen molar-refractivity contribution >= 4 is 21.6 Å². The molecule has 0 saturated carbocycles. The Bertz CT molecular complexity index is 361. The molecule has 16 heavy (non-hydrogen) atoms. The molecule has 0 spiro atoms. The van der Waals surface area contributed by atoms with Gasteiger partial charge in [-0.15, -0.1) is 6.58 Å². The highest BCUT2D eigenvalue weighted by Crippen LogP contribution is 2.27. The summed E-state index contributed by atoms with van der Waals surface area (Å²) in [7, 11) is 0. The first kappa shape index (κ1) is 13.3. The molecule has 1 rings (SSSR count). The molecule has 1 aromatic carbocycles. The van der Waals surface area contributed by atoms with Crippen molar-refractivity contribution in [1.29, 1.82) is 0 Å². The van der Waals surface area contributed by atoms with E-state index in [0.29, 0.717) is 0 Å². The molecule has 0 aromatic heterocycles. The van der Waals surface area contributed by atoms with Crippen molar-refractivity contribution in [2.75, 3.05) is 18.0 Å². The number of hydrogen-bond acceptors (Lipinski definition) is 2. The van der Waals surface area contributed by atoms with E-state index >= 15 is 0 Å². The van der Waals surface area contributed by atoms with Crippen LogP contribution in [0.4, 0.5) is 5.69 Å². The van der Waals surface area contributed by atoms with Gasteiger partial charge in [-0.3, -0.25) is 0 Å². The van der Waals surface area contributed by atoms with E-state index in [0.717, 1.165) is 23.1 Å². The number of nitrogens with two attached hydrogens (primary N) is 1. The number of nitrogens with zero attached hydrogens (tertiary/aromatic N) is 1. The lowest BCUT2D eigenvalue weighted by molar-refractivity contribution is 0.811. The van der Waals surface area contributed by atoms with Gasteiger partial charge >= 0.3 is 0 Å². The zero-order valence-corrected chi connectivity index (χ0v) is 11.5. The van der Waals surface area contributed by atoms with E-state index in [9.17, 15) is 0 Å². The minimum absolute atomic E-state index is 0.0536. The molecule has 0 aliphatic carbocycles. The van der Waals surface area contributed by atoms with Crippen LogP contribution >= 0.6 is 15.9 Å². The van der Waals surface area contributed by atoms with Crippen LogP contribution in [0.25, 0.3) is 0 Å². The SMILES string of the molecule is C=CCN(CC)c1ccc([C@@H](C)N)c(Br)c1. The average Bonchev–Trinajstić information content (AvgIpc) is 2.25. The summed E-state index contributed by atoms with van der Waals surface area (Å²) in [6, 6.07) is 6.36. The molecule has 3 heteroatoms. The quantitative estimate of drug-likeness (QED) is 0.838. The van der Waals surface area contributed by atoms with Crippen LogP contribution in [0, 0.1) is 0 Å². The number of hydrogen-bond donors (Lipinski definition) is 1. The Hall–Kier alpha value is -0.800. The molecular weight excluding hydrogens is 264 g/mol. The van der Waals surface area contributed by atoms with E-state index in [1.165, 1.54) is 5.69 Å². The fourth-order valence-electron chi connectivity index (χ4n) is 1.65. The van der Waals surface area contributed by atoms with Gasteiger partial charge in [0.05, 0.1) is 0 Å². The van der Waals surface area contributed by atoms with E-state index in [2.05, 4.69) is 52.5 Å². The first-order valence-corrected chi connectivity index (χ1v) is 6.30. The fourth-order valence-corrected chi connectivity index (χ4v) is 2.38. The molecule has 2 N–H and O–H groups in total. The molecule has 0 unspecified atom stereocenters. The molecule has 88 valence electrons. The number of likely N-dealkylation sites (N-methyl/N-ethyl adjacent to an activating group) is 1. The summed E-state index contributed by atoms with van der Waals surface area (Å²) >= 11 is 3.56. The van der Waals surface area contributed by atoms with Crippen LogP contribution in [0.3, 0.4) is 0 Å². The summed E-state index contributed by atoms with van der Waals surface area (Å²) in [5.74, 6) is 0. The summed E-state index contributed by atoms with van der Waals surface area (Å²) < 4.78 is 1.07. The Morgan fingerprint density at radius 1 is 1.56 bits per heavy atom. The van der Waals surface area contributed by atoms with Gasteiger partial charge < -0.3 is 10.6 Å². The second-order valence-corrected chi connectivity index (χ2v) is 4.68. The van der Waals surface area contributed by atoms with E-state index in [1.54, 1.807) is 0 Å². The highest BCUT2D eigenvalue weighted by Gasteiger charge is 2.08. The molecule has 0 amide bonds. The summed E-state index contributed by atoms with van der Waals surface area (Å²) in [6.45, 7) is 9.72. The first-order valence-electron chi connectivity index (χ1n) is 5.51. The van der Waals surface area contributed by atoms with Gasteiger partial charge in [0, 0.05) is 29.3 Å². The molecule has 2 nitrogen and oxygen atoms in total. The third-order valence-corrected chi connectivity index (χ3v) is 3.26. The van der Waals surface area contributed by atoms with Crippen molar-refractivity contribution in [3.63, 3.8) is 0 Å². The van der Waals surface area contributed by atoms with Crippen molar-refractivity contribution in [3.05, 3.63) is 40.9 Å². The molecule has 0 bridgehead atoms. The molecule has 1 atom stereocenters. The average molecular weight is 283 g/mol. The van der Waals surface area contributed by atoms with Crippen LogP contribution in [0.15, 0.2) is 35.3 Å². The number of anilines is 1. The van der Waals surface area contributed by atoms with Crippen molar-refractivity contribution in [1.82, 2.24) is 0 Å². The first-order chi connectivity index (χ1) is 7.60. The molecule has 0 radical (unpaired) electrons. The van der Waals surface area contributed by atoms with Gasteiger partial charge in [-0.2, -0.15) is 0 Å². The smallest absolute Gasteiger partial charge is 0.0380 e. The van der Waals surface area contributed by atoms with Crippen LogP contribution in [-0.4, -0.2) is 13.1 Å². The van der Waals surface area contributed by atoms with Gasteiger partial charge in [-0.25, -0.2) is 0 Å². The maximum atomic E-state index is 5.87. The van der Waals surface area contributed by atoms with Gasteiger partial charge in [0.15, 0.2) is 0 Å². The third-order valence-electron chi connectivity index (χ3n) is 2.57. The van der Waals surface area contributed by atoms with Crippen LogP contribution in [0.1, 0.15) is 25.5 Å². The van der Waals surface area contributed by atoms with E-state index < -0.39 is 0 Å². The zero-order chi connectivity index (χ0) is 12.1. The Morgan fingerprint density at radius 3 is 2.69 bits per heavy atom. The van der Waals surface area contributed by atoms with Crippen molar-refractivity contribution in [3.8, 4) is 0 Å². The Kier molecular flexibility index (Phi) is 5.03. The maximum absolute atomic E-state index is 5.87. The highest BCUT2D eigenvalue weighted by atomic mass is 79.9. The molecule has 0 aliphatic heterocycles. The van der Waals surface area contributed by atoms with Crippen molar-refractivity contribution in [2.24, 2.45) is 5.73 Å². The predicted molar refractivity (Wildman–Crippen MR) is 74.8 cm³/mol. The molecule has 0 aliphatic rings. The standard InChI is InChI=1S/C13H19BrN2/c1-4-8-16(5-2)11-6-7-12(10(3)15)13(14)9-11/h4,6-7,9-10H,1,5,8,15H2,2-3H3/t10-/m1/s1. The second-order valence-electron chi connectivity index (χ2n) is 3.82. The van der Waals surface area contributed by atoms with Crippen LogP contribution < -0.4 is 10.6 Å². The maximum Gasteiger partial charge on any atom is 0.0380 e. The molecule has 0 fully saturated rings. The number of benzene rings is 1. The monoisotopic (exact) mass is 282 g/mol. The number of rotatable bonds is 5. The van der Waals surface area contributed by atoms with E-state index in [4.69, 9.17) is 5.73 Å². The predicted octanol–water partition coefficient (Wildman–Crippen LogP) is 3.48. The third kappa shape index (κ3) is 3.09. The Labute approximate surface area is 106 Å². The highest BCUT2D eigenvalue weighted by molar-refractivity contribution is 9.10. The van der Waals surface area contributed by atoms with Gasteiger partial charge in [-0.05, 0) is 31.5 Å². The zero-order valence-electron chi connectivity index (χ0n) is 9.91. The minimum Gasteiger partial charge on any atom is -0.368 e. The molecule has 1 aromatic rings. The Balaban J connectivity index is 2.99. The molecule has 0 heterocycles. The summed E-state index contributed by atoms with van der Waals surface area (Å²) in [4.78, 5) is 2.25. The van der Waals surface area contributed by atoms with Gasteiger partial charge in [-0.1, -0.05) is 28.1 Å². The van der Waals surface area contributed by atoms with Crippen LogP contribution in [0.5, 0.6) is 0 Å². The van der Waals surface area contributed by atoms with E-state index in [-0.39, 0.29) is 6.04 Å². The lowest BCUT2D eigenvalue weighted by Gasteiger charge is -2.22. The van der Waals surface area contributed by atoms with Crippen molar-refractivity contribution < 1.29 is 0 Å². The fraction of sp³-hybridized carbons (Fsp3) is 0.385. The second kappa shape index (κ2) is 6.06. The summed E-state index contributed by atoms with van der Waals surface area (Å²) in [5.41, 5.74) is 8.20. The largest absolute Gasteiger partial charge is 0.368 e. The van der Waals surface area contributed by atoms with Gasteiger partial charge in [0.2, 0.25) is 0 Å². The van der Waals surface area contributed by atoms with Crippen LogP contribution in [0.2, 0.25) is 0 Å². The lowest BCUT2D eigenvalue weighted by atomic mass is 10.1. The Morgan fingerprint density at radius 2 is 2.25 bits per heavy atom. The van der Waals surface area contributed by atoms with Gasteiger partial charge in [0.1, 0.15) is 0 Å². The van der Waals surface area contributed by atoms with E-state index in [1.807, 2.05) is 13.0 Å². The van der Waals surface area contributed by atoms with Crippen molar-refractivity contribution in [2.45, 2.75) is 19.9 Å².